The highest BCUT2D eigenvalue weighted by molar-refractivity contribution is 6.10. The summed E-state index contributed by atoms with van der Waals surface area (Å²) < 4.78 is 31.7. The van der Waals surface area contributed by atoms with Crippen LogP contribution in [0.3, 0.4) is 0 Å². The van der Waals surface area contributed by atoms with Crippen molar-refractivity contribution in [3.05, 3.63) is 53.6 Å². The molecule has 0 saturated carbocycles. The first-order chi connectivity index (χ1) is 17.1. The molecule has 3 rings (SSSR count). The number of benzene rings is 1. The summed E-state index contributed by atoms with van der Waals surface area (Å²) in [7, 11) is 0. The molecule has 0 aliphatic rings. The van der Waals surface area contributed by atoms with Crippen LogP contribution in [0, 0.1) is 17.7 Å². The van der Waals surface area contributed by atoms with Gasteiger partial charge in [0.1, 0.15) is 22.7 Å². The van der Waals surface area contributed by atoms with Crippen LogP contribution < -0.4 is 4.74 Å². The van der Waals surface area contributed by atoms with Crippen LogP contribution in [0.25, 0.3) is 10.9 Å². The highest BCUT2D eigenvalue weighted by Gasteiger charge is 2.25. The van der Waals surface area contributed by atoms with Crippen LogP contribution in [0.1, 0.15) is 57.6 Å². The molecule has 0 spiro atoms. The molecule has 0 atom stereocenters. The summed E-state index contributed by atoms with van der Waals surface area (Å²) in [6, 6.07) is 6.05. The average Bonchev–Trinajstić information content (AvgIpc) is 3.35. The molecular weight excluding hydrogens is 487 g/mol. The molecule has 2 aromatic heterocycles. The largest absolute Gasteiger partial charge is 0.515 e. The topological polar surface area (TPSA) is 126 Å². The molecule has 0 aliphatic carbocycles. The number of ketones is 1. The van der Waals surface area contributed by atoms with E-state index in [4.69, 9.17) is 14.2 Å². The van der Waals surface area contributed by atoms with Gasteiger partial charge in [-0.05, 0) is 71.7 Å². The average molecular weight is 512 g/mol. The lowest BCUT2D eigenvalue weighted by Gasteiger charge is -2.19. The zero-order chi connectivity index (χ0) is 27.7. The Kier molecular flexibility index (Phi) is 7.16. The van der Waals surface area contributed by atoms with Crippen LogP contribution in [0.2, 0.25) is 0 Å². The van der Waals surface area contributed by atoms with Crippen LogP contribution in [-0.2, 0) is 9.47 Å². The van der Waals surface area contributed by atoms with Gasteiger partial charge in [-0.2, -0.15) is 0 Å². The SMILES string of the molecule is CC(C)(C)OC(=O)Oc1cc2c(C#CC(=O)c3cccn3C(=O)OC(C)(C)C)c(F)ccc2n1C(=O)O. The molecule has 11 heteroatoms. The van der Waals surface area contributed by atoms with Crippen LogP contribution in [0.5, 0.6) is 5.88 Å². The smallest absolute Gasteiger partial charge is 0.464 e. The predicted octanol–water partition coefficient (Wildman–Crippen LogP) is 5.44. The van der Waals surface area contributed by atoms with Crippen molar-refractivity contribution in [2.45, 2.75) is 52.7 Å². The molecule has 0 aliphatic heterocycles. The molecule has 1 N–H and O–H groups in total. The highest BCUT2D eigenvalue weighted by Crippen LogP contribution is 2.30. The summed E-state index contributed by atoms with van der Waals surface area (Å²) in [6.45, 7) is 9.80. The van der Waals surface area contributed by atoms with Gasteiger partial charge >= 0.3 is 18.3 Å². The van der Waals surface area contributed by atoms with E-state index < -0.39 is 47.0 Å². The summed E-state index contributed by atoms with van der Waals surface area (Å²) in [4.78, 5) is 49.2. The fourth-order valence-corrected chi connectivity index (χ4v) is 3.20. The number of carbonyl (C=O) groups excluding carboxylic acids is 3. The van der Waals surface area contributed by atoms with E-state index in [0.717, 1.165) is 16.7 Å². The Morgan fingerprint density at radius 3 is 2.22 bits per heavy atom. The summed E-state index contributed by atoms with van der Waals surface area (Å²) in [5.41, 5.74) is -2.16. The van der Waals surface area contributed by atoms with E-state index in [2.05, 4.69) is 11.8 Å². The second-order valence-corrected chi connectivity index (χ2v) is 9.85. The van der Waals surface area contributed by atoms with Gasteiger partial charge in [-0.25, -0.2) is 27.9 Å². The normalized spacial score (nSPS) is 11.4. The minimum absolute atomic E-state index is 0.0243. The zero-order valence-corrected chi connectivity index (χ0v) is 21.0. The lowest BCUT2D eigenvalue weighted by Crippen LogP contribution is -2.28. The first kappa shape index (κ1) is 27.0. The number of carbonyl (C=O) groups is 4. The lowest BCUT2D eigenvalue weighted by molar-refractivity contribution is 0.0193. The molecule has 0 fully saturated rings. The second-order valence-electron chi connectivity index (χ2n) is 9.85. The Morgan fingerprint density at radius 2 is 1.62 bits per heavy atom. The van der Waals surface area contributed by atoms with E-state index in [1.165, 1.54) is 24.4 Å². The summed E-state index contributed by atoms with van der Waals surface area (Å²) >= 11 is 0. The predicted molar refractivity (Wildman–Crippen MR) is 129 cm³/mol. The Balaban J connectivity index is 2.03. The Bertz CT molecular complexity index is 1470. The molecule has 0 amide bonds. The molecular formula is C26H25FN2O8. The van der Waals surface area contributed by atoms with E-state index in [9.17, 15) is 28.7 Å². The number of nitrogens with zero attached hydrogens (tertiary/aromatic N) is 2. The summed E-state index contributed by atoms with van der Waals surface area (Å²) in [5, 5.41) is 9.64. The molecule has 37 heavy (non-hydrogen) atoms. The molecule has 0 saturated heterocycles. The van der Waals surface area contributed by atoms with E-state index in [0.29, 0.717) is 4.57 Å². The molecule has 1 aromatic carbocycles. The Hall–Kier alpha value is -4.59. The fraction of sp³-hybridized carbons (Fsp3) is 0.308. The molecule has 194 valence electrons. The van der Waals surface area contributed by atoms with Gasteiger partial charge in [0.15, 0.2) is 0 Å². The van der Waals surface area contributed by atoms with E-state index in [1.54, 1.807) is 41.5 Å². The number of Topliss-reactive ketones (excluding diaryl/α,β-unsaturated/α-hetero) is 1. The van der Waals surface area contributed by atoms with Gasteiger partial charge in [-0.3, -0.25) is 4.79 Å². The number of aromatic nitrogens is 2. The second kappa shape index (κ2) is 9.81. The maximum atomic E-state index is 14.8. The minimum Gasteiger partial charge on any atom is -0.464 e. The highest BCUT2D eigenvalue weighted by atomic mass is 19.1. The monoisotopic (exact) mass is 512 g/mol. The van der Waals surface area contributed by atoms with Gasteiger partial charge in [0.05, 0.1) is 11.1 Å². The van der Waals surface area contributed by atoms with Crippen molar-refractivity contribution in [1.82, 2.24) is 9.13 Å². The van der Waals surface area contributed by atoms with Gasteiger partial charge < -0.3 is 19.3 Å². The molecule has 3 aromatic rings. The van der Waals surface area contributed by atoms with Gasteiger partial charge in [-0.15, -0.1) is 0 Å². The third kappa shape index (κ3) is 6.35. The number of rotatable bonds is 2. The summed E-state index contributed by atoms with van der Waals surface area (Å²) in [6.07, 6.45) is -2.13. The van der Waals surface area contributed by atoms with Gasteiger partial charge in [0.25, 0.3) is 5.78 Å². The van der Waals surface area contributed by atoms with Crippen LogP contribution >= 0.6 is 0 Å². The van der Waals surface area contributed by atoms with Gasteiger partial charge in [0.2, 0.25) is 5.88 Å². The van der Waals surface area contributed by atoms with Crippen molar-refractivity contribution >= 4 is 35.0 Å². The van der Waals surface area contributed by atoms with Crippen LogP contribution in [-0.4, -0.2) is 49.6 Å². The van der Waals surface area contributed by atoms with Crippen molar-refractivity contribution in [3.8, 4) is 17.7 Å². The number of hydrogen-bond donors (Lipinski definition) is 1. The van der Waals surface area contributed by atoms with Crippen molar-refractivity contribution in [2.24, 2.45) is 0 Å². The van der Waals surface area contributed by atoms with Crippen LogP contribution in [0.4, 0.5) is 18.8 Å². The molecule has 2 heterocycles. The molecule has 10 nitrogen and oxygen atoms in total. The van der Waals surface area contributed by atoms with E-state index >= 15 is 0 Å². The number of halogens is 1. The van der Waals surface area contributed by atoms with Gasteiger partial charge in [-0.1, -0.05) is 5.92 Å². The zero-order valence-electron chi connectivity index (χ0n) is 21.0. The van der Waals surface area contributed by atoms with Gasteiger partial charge in [0, 0.05) is 17.6 Å². The van der Waals surface area contributed by atoms with Crippen molar-refractivity contribution < 1.29 is 42.9 Å². The van der Waals surface area contributed by atoms with Crippen molar-refractivity contribution in [2.75, 3.05) is 0 Å². The lowest BCUT2D eigenvalue weighted by atomic mass is 10.1. The fourth-order valence-electron chi connectivity index (χ4n) is 3.20. The van der Waals surface area contributed by atoms with Crippen LogP contribution in [0.15, 0.2) is 36.5 Å². The Morgan fingerprint density at radius 1 is 0.973 bits per heavy atom. The molecule has 0 bridgehead atoms. The van der Waals surface area contributed by atoms with E-state index in [-0.39, 0.29) is 22.2 Å². The third-order valence-corrected chi connectivity index (χ3v) is 4.54. The van der Waals surface area contributed by atoms with Crippen molar-refractivity contribution in [3.63, 3.8) is 0 Å². The molecule has 0 unspecified atom stereocenters. The Labute approximate surface area is 211 Å². The maximum Gasteiger partial charge on any atom is 0.515 e. The first-order valence-electron chi connectivity index (χ1n) is 11.0. The summed E-state index contributed by atoms with van der Waals surface area (Å²) in [5.74, 6) is 2.58. The standard InChI is InChI=1S/C26H25FN2O8/c1-25(2,3)36-23(33)28-13-7-8-19(28)20(30)12-9-15-16-14-21(35-24(34)37-26(4,5)6)29(22(31)32)18(16)11-10-17(15)27/h7-8,10-11,13-14H,1-6H3,(H,31,32). The number of carboxylic acid groups (broad SMARTS) is 1. The number of hydrogen-bond acceptors (Lipinski definition) is 7. The number of fused-ring (bicyclic) bond motifs is 1. The van der Waals surface area contributed by atoms with Crippen molar-refractivity contribution in [1.29, 1.82) is 0 Å². The number of ether oxygens (including phenoxy) is 3. The third-order valence-electron chi connectivity index (χ3n) is 4.54. The minimum atomic E-state index is -1.51. The molecule has 0 radical (unpaired) electrons. The van der Waals surface area contributed by atoms with E-state index in [1.807, 2.05) is 0 Å². The quantitative estimate of drug-likeness (QED) is 0.273. The first-order valence-corrected chi connectivity index (χ1v) is 11.0. The maximum absolute atomic E-state index is 14.8.